The Bertz CT molecular complexity index is 955. The molecule has 1 amide bonds. The van der Waals surface area contributed by atoms with Crippen molar-refractivity contribution in [3.8, 4) is 0 Å². The summed E-state index contributed by atoms with van der Waals surface area (Å²) in [6, 6.07) is 16.7. The second-order valence-corrected chi connectivity index (χ2v) is 7.02. The molecule has 138 valence electrons. The highest BCUT2D eigenvalue weighted by Gasteiger charge is 2.12. The molecule has 0 radical (unpaired) electrons. The third kappa shape index (κ3) is 5.05. The molecular weight excluding hydrogens is 360 g/mol. The fourth-order valence-electron chi connectivity index (χ4n) is 2.58. The molecule has 0 bridgehead atoms. The minimum Gasteiger partial charge on any atom is -0.324 e. The zero-order chi connectivity index (χ0) is 19.4. The van der Waals surface area contributed by atoms with E-state index >= 15 is 0 Å². The lowest BCUT2D eigenvalue weighted by Crippen LogP contribution is -2.15. The van der Waals surface area contributed by atoms with Gasteiger partial charge in [-0.1, -0.05) is 43.6 Å². The summed E-state index contributed by atoms with van der Waals surface area (Å²) in [6.45, 7) is 6.12. The number of anilines is 3. The molecule has 0 unspecified atom stereocenters. The average molecular weight is 381 g/mol. The van der Waals surface area contributed by atoms with Gasteiger partial charge in [-0.3, -0.25) is 4.79 Å². The van der Waals surface area contributed by atoms with Gasteiger partial charge in [-0.25, -0.2) is 9.97 Å². The van der Waals surface area contributed by atoms with Gasteiger partial charge in [0.05, 0.1) is 0 Å². The van der Waals surface area contributed by atoms with Gasteiger partial charge in [0.25, 0.3) is 5.91 Å². The predicted octanol–water partition coefficient (Wildman–Crippen LogP) is 5.56. The largest absolute Gasteiger partial charge is 0.324 e. The lowest BCUT2D eigenvalue weighted by molar-refractivity contribution is 0.102. The standard InChI is InChI=1S/C21H21ClN4O/c1-13(2)15-7-9-17(10-8-15)25-21-23-14(3)11-19(26-21)20(27)24-18-6-4-5-16(22)12-18/h4-13H,1-3H3,(H,24,27)(H,23,25,26). The zero-order valence-corrected chi connectivity index (χ0v) is 16.2. The Balaban J connectivity index is 1.78. The molecule has 6 heteroatoms. The van der Waals surface area contributed by atoms with Crippen molar-refractivity contribution < 1.29 is 4.79 Å². The smallest absolute Gasteiger partial charge is 0.274 e. The van der Waals surface area contributed by atoms with Crippen LogP contribution in [0.25, 0.3) is 0 Å². The van der Waals surface area contributed by atoms with E-state index in [1.165, 1.54) is 5.56 Å². The van der Waals surface area contributed by atoms with Crippen molar-refractivity contribution in [2.75, 3.05) is 10.6 Å². The number of rotatable bonds is 5. The summed E-state index contributed by atoms with van der Waals surface area (Å²) in [5, 5.41) is 6.51. The quantitative estimate of drug-likeness (QED) is 0.608. The lowest BCUT2D eigenvalue weighted by atomic mass is 10.0. The first-order chi connectivity index (χ1) is 12.9. The monoisotopic (exact) mass is 380 g/mol. The molecule has 0 fully saturated rings. The van der Waals surface area contributed by atoms with Crippen LogP contribution in [0.4, 0.5) is 17.3 Å². The third-order valence-corrected chi connectivity index (χ3v) is 4.24. The van der Waals surface area contributed by atoms with Gasteiger partial charge in [0, 0.05) is 22.1 Å². The van der Waals surface area contributed by atoms with Crippen molar-refractivity contribution in [1.82, 2.24) is 9.97 Å². The van der Waals surface area contributed by atoms with E-state index in [4.69, 9.17) is 11.6 Å². The number of benzene rings is 2. The average Bonchev–Trinajstić information content (AvgIpc) is 2.61. The molecule has 2 aromatic carbocycles. The molecule has 0 aliphatic heterocycles. The van der Waals surface area contributed by atoms with Gasteiger partial charge < -0.3 is 10.6 Å². The van der Waals surface area contributed by atoms with Crippen LogP contribution in [0.1, 0.15) is 41.5 Å². The van der Waals surface area contributed by atoms with Gasteiger partial charge in [0.15, 0.2) is 0 Å². The highest BCUT2D eigenvalue weighted by atomic mass is 35.5. The van der Waals surface area contributed by atoms with Crippen LogP contribution in [0.15, 0.2) is 54.6 Å². The summed E-state index contributed by atoms with van der Waals surface area (Å²) in [6.07, 6.45) is 0. The van der Waals surface area contributed by atoms with Crippen LogP contribution in [0.3, 0.4) is 0 Å². The minimum absolute atomic E-state index is 0.281. The highest BCUT2D eigenvalue weighted by molar-refractivity contribution is 6.30. The maximum atomic E-state index is 12.5. The molecule has 1 aromatic heterocycles. The van der Waals surface area contributed by atoms with E-state index in [0.717, 1.165) is 5.69 Å². The summed E-state index contributed by atoms with van der Waals surface area (Å²) in [5.41, 5.74) is 3.72. The Morgan fingerprint density at radius 2 is 1.74 bits per heavy atom. The molecule has 0 atom stereocenters. The first-order valence-corrected chi connectivity index (χ1v) is 9.08. The minimum atomic E-state index is -0.319. The number of amides is 1. The van der Waals surface area contributed by atoms with Crippen molar-refractivity contribution in [3.05, 3.63) is 76.6 Å². The summed E-state index contributed by atoms with van der Waals surface area (Å²) in [4.78, 5) is 21.2. The molecule has 1 heterocycles. The third-order valence-electron chi connectivity index (χ3n) is 4.00. The van der Waals surface area contributed by atoms with Crippen molar-refractivity contribution in [1.29, 1.82) is 0 Å². The number of hydrogen-bond acceptors (Lipinski definition) is 4. The lowest BCUT2D eigenvalue weighted by Gasteiger charge is -2.10. The summed E-state index contributed by atoms with van der Waals surface area (Å²) >= 11 is 5.96. The maximum Gasteiger partial charge on any atom is 0.274 e. The van der Waals surface area contributed by atoms with Crippen LogP contribution in [0.5, 0.6) is 0 Å². The maximum absolute atomic E-state index is 12.5. The van der Waals surface area contributed by atoms with Crippen LogP contribution >= 0.6 is 11.6 Å². The SMILES string of the molecule is Cc1cc(C(=O)Nc2cccc(Cl)c2)nc(Nc2ccc(C(C)C)cc2)n1. The number of hydrogen-bond donors (Lipinski definition) is 2. The molecule has 0 aliphatic rings. The van der Waals surface area contributed by atoms with Crippen LogP contribution in [-0.4, -0.2) is 15.9 Å². The van der Waals surface area contributed by atoms with Crippen molar-refractivity contribution in [2.45, 2.75) is 26.7 Å². The molecule has 3 rings (SSSR count). The number of aryl methyl sites for hydroxylation is 1. The molecule has 5 nitrogen and oxygen atoms in total. The van der Waals surface area contributed by atoms with Gasteiger partial charge >= 0.3 is 0 Å². The Hall–Kier alpha value is -2.92. The number of carbonyl (C=O) groups excluding carboxylic acids is 1. The van der Waals surface area contributed by atoms with Crippen LogP contribution in [0, 0.1) is 6.92 Å². The van der Waals surface area contributed by atoms with E-state index in [1.54, 1.807) is 30.3 Å². The zero-order valence-electron chi connectivity index (χ0n) is 15.5. The summed E-state index contributed by atoms with van der Waals surface area (Å²) in [7, 11) is 0. The Morgan fingerprint density at radius 3 is 2.41 bits per heavy atom. The van der Waals surface area contributed by atoms with E-state index in [1.807, 2.05) is 19.1 Å². The van der Waals surface area contributed by atoms with Crippen molar-refractivity contribution in [3.63, 3.8) is 0 Å². The molecule has 3 aromatic rings. The highest BCUT2D eigenvalue weighted by Crippen LogP contribution is 2.20. The molecule has 0 spiro atoms. The first-order valence-electron chi connectivity index (χ1n) is 8.70. The van der Waals surface area contributed by atoms with E-state index in [0.29, 0.717) is 28.3 Å². The Labute approximate surface area is 163 Å². The van der Waals surface area contributed by atoms with E-state index in [-0.39, 0.29) is 11.6 Å². The van der Waals surface area contributed by atoms with Crippen molar-refractivity contribution >= 4 is 34.8 Å². The van der Waals surface area contributed by atoms with Crippen LogP contribution in [0.2, 0.25) is 5.02 Å². The van der Waals surface area contributed by atoms with Gasteiger partial charge in [-0.2, -0.15) is 0 Å². The van der Waals surface area contributed by atoms with E-state index < -0.39 is 0 Å². The first kappa shape index (κ1) is 18.9. The summed E-state index contributed by atoms with van der Waals surface area (Å²) in [5.74, 6) is 0.528. The van der Waals surface area contributed by atoms with Crippen LogP contribution < -0.4 is 10.6 Å². The van der Waals surface area contributed by atoms with Gasteiger partial charge in [-0.15, -0.1) is 0 Å². The fourth-order valence-corrected chi connectivity index (χ4v) is 2.77. The van der Waals surface area contributed by atoms with E-state index in [2.05, 4.69) is 46.6 Å². The molecule has 0 saturated carbocycles. The van der Waals surface area contributed by atoms with Gasteiger partial charge in [0.2, 0.25) is 5.95 Å². The second kappa shape index (κ2) is 8.18. The molecule has 0 aliphatic carbocycles. The van der Waals surface area contributed by atoms with Crippen LogP contribution in [-0.2, 0) is 0 Å². The van der Waals surface area contributed by atoms with Gasteiger partial charge in [0.1, 0.15) is 5.69 Å². The Kier molecular flexibility index (Phi) is 5.72. The number of carbonyl (C=O) groups is 1. The Morgan fingerprint density at radius 1 is 1.00 bits per heavy atom. The summed E-state index contributed by atoms with van der Waals surface area (Å²) < 4.78 is 0. The second-order valence-electron chi connectivity index (χ2n) is 6.58. The predicted molar refractivity (Wildman–Crippen MR) is 110 cm³/mol. The van der Waals surface area contributed by atoms with Gasteiger partial charge in [-0.05, 0) is 54.8 Å². The number of nitrogens with one attached hydrogen (secondary N) is 2. The molecule has 2 N–H and O–H groups in total. The number of aromatic nitrogens is 2. The topological polar surface area (TPSA) is 66.9 Å². The number of nitrogens with zero attached hydrogens (tertiary/aromatic N) is 2. The van der Waals surface area contributed by atoms with E-state index in [9.17, 15) is 4.79 Å². The molecule has 0 saturated heterocycles. The van der Waals surface area contributed by atoms with Crippen molar-refractivity contribution in [2.24, 2.45) is 0 Å². The fraction of sp³-hybridized carbons (Fsp3) is 0.190. The number of halogens is 1. The molecular formula is C21H21ClN4O. The normalized spacial score (nSPS) is 10.7. The molecule has 27 heavy (non-hydrogen) atoms.